The van der Waals surface area contributed by atoms with Crippen molar-refractivity contribution in [3.63, 3.8) is 0 Å². The van der Waals surface area contributed by atoms with Crippen LogP contribution in [0, 0.1) is 5.82 Å². The molecule has 3 rings (SSSR count). The number of esters is 1. The maximum absolute atomic E-state index is 13.8. The zero-order valence-corrected chi connectivity index (χ0v) is 15.3. The van der Waals surface area contributed by atoms with Gasteiger partial charge in [-0.3, -0.25) is 4.79 Å². The Labute approximate surface area is 153 Å². The third kappa shape index (κ3) is 3.90. The highest BCUT2D eigenvalue weighted by molar-refractivity contribution is 9.10. The number of carbonyl (C=O) groups is 2. The van der Waals surface area contributed by atoms with E-state index in [2.05, 4.69) is 22.0 Å². The van der Waals surface area contributed by atoms with Gasteiger partial charge in [-0.15, -0.1) is 0 Å². The molecule has 0 saturated carbocycles. The Morgan fingerprint density at radius 1 is 1.20 bits per heavy atom. The van der Waals surface area contributed by atoms with Crippen molar-refractivity contribution < 1.29 is 18.7 Å². The summed E-state index contributed by atoms with van der Waals surface area (Å²) in [6.45, 7) is 2.57. The van der Waals surface area contributed by atoms with Crippen molar-refractivity contribution in [1.29, 1.82) is 0 Å². The van der Waals surface area contributed by atoms with Crippen LogP contribution in [-0.2, 0) is 22.5 Å². The van der Waals surface area contributed by atoms with Crippen molar-refractivity contribution in [2.24, 2.45) is 0 Å². The van der Waals surface area contributed by atoms with E-state index in [1.165, 1.54) is 30.7 Å². The second kappa shape index (κ2) is 7.35. The Balaban J connectivity index is 1.67. The Morgan fingerprint density at radius 3 is 2.68 bits per heavy atom. The molecule has 1 amide bonds. The fourth-order valence-corrected chi connectivity index (χ4v) is 3.23. The second-order valence-corrected chi connectivity index (χ2v) is 6.87. The van der Waals surface area contributed by atoms with Gasteiger partial charge in [-0.1, -0.05) is 40.2 Å². The predicted molar refractivity (Wildman–Crippen MR) is 94.5 cm³/mol. The molecule has 1 unspecified atom stereocenters. The normalized spacial score (nSPS) is 14.6. The molecule has 0 bridgehead atoms. The number of amides is 1. The number of rotatable bonds is 3. The number of ether oxygens (including phenoxy) is 1. The zero-order chi connectivity index (χ0) is 18.0. The summed E-state index contributed by atoms with van der Waals surface area (Å²) in [4.78, 5) is 26.4. The molecule has 1 aliphatic heterocycles. The monoisotopic (exact) mass is 405 g/mol. The van der Waals surface area contributed by atoms with Gasteiger partial charge in [-0.25, -0.2) is 9.18 Å². The van der Waals surface area contributed by atoms with Crippen molar-refractivity contribution in [3.8, 4) is 0 Å². The summed E-state index contributed by atoms with van der Waals surface area (Å²) in [5.74, 6) is -1.81. The largest absolute Gasteiger partial charge is 0.449 e. The molecule has 25 heavy (non-hydrogen) atoms. The number of halogens is 2. The molecule has 2 aromatic carbocycles. The van der Waals surface area contributed by atoms with E-state index in [1.807, 2.05) is 18.2 Å². The number of hydrogen-bond donors (Lipinski definition) is 0. The highest BCUT2D eigenvalue weighted by Crippen LogP contribution is 2.21. The first kappa shape index (κ1) is 17.6. The van der Waals surface area contributed by atoms with Crippen molar-refractivity contribution >= 4 is 27.8 Å². The van der Waals surface area contributed by atoms with Crippen LogP contribution in [0.25, 0.3) is 0 Å². The Hall–Kier alpha value is -2.21. The van der Waals surface area contributed by atoms with Gasteiger partial charge < -0.3 is 9.64 Å². The summed E-state index contributed by atoms with van der Waals surface area (Å²) in [5.41, 5.74) is 2.13. The van der Waals surface area contributed by atoms with Gasteiger partial charge in [0.05, 0.1) is 5.56 Å². The van der Waals surface area contributed by atoms with E-state index >= 15 is 0 Å². The number of benzene rings is 2. The molecule has 1 heterocycles. The third-order valence-electron chi connectivity index (χ3n) is 4.22. The lowest BCUT2D eigenvalue weighted by atomic mass is 9.99. The first-order chi connectivity index (χ1) is 12.0. The maximum Gasteiger partial charge on any atom is 0.341 e. The molecule has 6 heteroatoms. The fraction of sp³-hybridized carbons (Fsp3) is 0.263. The van der Waals surface area contributed by atoms with Crippen molar-refractivity contribution in [2.45, 2.75) is 26.0 Å². The molecule has 130 valence electrons. The summed E-state index contributed by atoms with van der Waals surface area (Å²) in [6.07, 6.45) is -0.209. The zero-order valence-electron chi connectivity index (χ0n) is 13.7. The average Bonchev–Trinajstić information content (AvgIpc) is 2.62. The molecule has 0 aliphatic carbocycles. The highest BCUT2D eigenvalue weighted by atomic mass is 79.9. The van der Waals surface area contributed by atoms with Gasteiger partial charge in [0.2, 0.25) is 0 Å². The lowest BCUT2D eigenvalue weighted by Crippen LogP contribution is -2.42. The summed E-state index contributed by atoms with van der Waals surface area (Å²) < 4.78 is 19.5. The van der Waals surface area contributed by atoms with Crippen LogP contribution in [0.2, 0.25) is 0 Å². The van der Waals surface area contributed by atoms with Crippen molar-refractivity contribution in [2.75, 3.05) is 6.54 Å². The lowest BCUT2D eigenvalue weighted by Gasteiger charge is -2.30. The molecule has 1 atom stereocenters. The van der Waals surface area contributed by atoms with Crippen LogP contribution in [0.1, 0.15) is 28.4 Å². The van der Waals surface area contributed by atoms with Gasteiger partial charge in [0, 0.05) is 17.6 Å². The van der Waals surface area contributed by atoms with E-state index in [-0.39, 0.29) is 11.5 Å². The summed E-state index contributed by atoms with van der Waals surface area (Å²) in [5, 5.41) is 0. The minimum atomic E-state index is -0.976. The Kier molecular flexibility index (Phi) is 5.18. The first-order valence-corrected chi connectivity index (χ1v) is 8.76. The highest BCUT2D eigenvalue weighted by Gasteiger charge is 2.28. The molecule has 0 radical (unpaired) electrons. The number of nitrogens with zero attached hydrogens (tertiary/aromatic N) is 1. The number of carbonyl (C=O) groups excluding carboxylic acids is 2. The quantitative estimate of drug-likeness (QED) is 0.731. The van der Waals surface area contributed by atoms with Crippen LogP contribution in [0.5, 0.6) is 0 Å². The summed E-state index contributed by atoms with van der Waals surface area (Å²) >= 11 is 3.19. The van der Waals surface area contributed by atoms with Crippen LogP contribution < -0.4 is 0 Å². The van der Waals surface area contributed by atoms with Gasteiger partial charge >= 0.3 is 5.97 Å². The topological polar surface area (TPSA) is 46.6 Å². The molecular weight excluding hydrogens is 389 g/mol. The third-order valence-corrected chi connectivity index (χ3v) is 4.72. The van der Waals surface area contributed by atoms with Crippen LogP contribution in [-0.4, -0.2) is 29.4 Å². The van der Waals surface area contributed by atoms with E-state index in [0.29, 0.717) is 17.6 Å². The van der Waals surface area contributed by atoms with Crippen LogP contribution in [0.4, 0.5) is 4.39 Å². The Bertz CT molecular complexity index is 824. The average molecular weight is 406 g/mol. The van der Waals surface area contributed by atoms with Crippen molar-refractivity contribution in [1.82, 2.24) is 4.90 Å². The van der Waals surface area contributed by atoms with E-state index in [9.17, 15) is 14.0 Å². The molecule has 0 spiro atoms. The summed E-state index contributed by atoms with van der Waals surface area (Å²) in [6, 6.07) is 12.0. The molecule has 0 aromatic heterocycles. The fourth-order valence-electron chi connectivity index (χ4n) is 2.87. The van der Waals surface area contributed by atoms with Crippen LogP contribution >= 0.6 is 15.9 Å². The standard InChI is InChI=1S/C19H17BrFNO3/c1-12(25-19(24)16-10-15(20)6-7-17(16)21)18(23)22-9-8-13-4-2-3-5-14(13)11-22/h2-7,10,12H,8-9,11H2,1H3. The molecule has 0 saturated heterocycles. The van der Waals surface area contributed by atoms with Crippen LogP contribution in [0.15, 0.2) is 46.9 Å². The first-order valence-electron chi connectivity index (χ1n) is 7.97. The smallest absolute Gasteiger partial charge is 0.341 e. The lowest BCUT2D eigenvalue weighted by molar-refractivity contribution is -0.140. The van der Waals surface area contributed by atoms with Gasteiger partial charge in [-0.05, 0) is 42.7 Å². The van der Waals surface area contributed by atoms with E-state index < -0.39 is 17.9 Å². The van der Waals surface area contributed by atoms with E-state index in [1.54, 1.807) is 4.90 Å². The van der Waals surface area contributed by atoms with Gasteiger partial charge in [0.15, 0.2) is 6.10 Å². The van der Waals surface area contributed by atoms with Crippen molar-refractivity contribution in [3.05, 3.63) is 69.4 Å². The minimum absolute atomic E-state index is 0.196. The van der Waals surface area contributed by atoms with Gasteiger partial charge in [0.1, 0.15) is 5.82 Å². The van der Waals surface area contributed by atoms with E-state index in [4.69, 9.17) is 4.74 Å². The molecular formula is C19H17BrFNO3. The predicted octanol–water partition coefficient (Wildman–Crippen LogP) is 3.72. The molecule has 0 N–H and O–H groups in total. The minimum Gasteiger partial charge on any atom is -0.449 e. The molecule has 2 aromatic rings. The summed E-state index contributed by atoms with van der Waals surface area (Å²) in [7, 11) is 0. The van der Waals surface area contributed by atoms with Gasteiger partial charge in [0.25, 0.3) is 5.91 Å². The second-order valence-electron chi connectivity index (χ2n) is 5.95. The SMILES string of the molecule is CC(OC(=O)c1cc(Br)ccc1F)C(=O)N1CCc2ccccc2C1. The number of fused-ring (bicyclic) bond motifs is 1. The van der Waals surface area contributed by atoms with Gasteiger partial charge in [-0.2, -0.15) is 0 Å². The maximum atomic E-state index is 13.8. The van der Waals surface area contributed by atoms with Crippen LogP contribution in [0.3, 0.4) is 0 Å². The number of hydrogen-bond acceptors (Lipinski definition) is 3. The molecule has 0 fully saturated rings. The van der Waals surface area contributed by atoms with E-state index in [0.717, 1.165) is 12.0 Å². The molecule has 1 aliphatic rings. The molecule has 4 nitrogen and oxygen atoms in total. The Morgan fingerprint density at radius 2 is 1.92 bits per heavy atom.